The first kappa shape index (κ1) is 15.0. The molecule has 24 heavy (non-hydrogen) atoms. The van der Waals surface area contributed by atoms with Gasteiger partial charge in [0.1, 0.15) is 10.8 Å². The maximum absolute atomic E-state index is 10.4. The van der Waals surface area contributed by atoms with Crippen molar-refractivity contribution in [2.24, 2.45) is 0 Å². The van der Waals surface area contributed by atoms with Gasteiger partial charge in [-0.1, -0.05) is 66.7 Å². The molecule has 1 aliphatic rings. The molecule has 2 atom stereocenters. The van der Waals surface area contributed by atoms with Crippen molar-refractivity contribution >= 4 is 17.7 Å². The Bertz CT molecular complexity index is 846. The molecule has 1 N–H and O–H groups in total. The van der Waals surface area contributed by atoms with Gasteiger partial charge < -0.3 is 9.53 Å². The summed E-state index contributed by atoms with van der Waals surface area (Å²) in [5, 5.41) is 0.0712. The lowest BCUT2D eigenvalue weighted by Crippen LogP contribution is -2.25. The van der Waals surface area contributed by atoms with Crippen molar-refractivity contribution in [1.82, 2.24) is 0 Å². The van der Waals surface area contributed by atoms with Crippen LogP contribution in [0, 0.1) is 0 Å². The number of rotatable bonds is 3. The summed E-state index contributed by atoms with van der Waals surface area (Å²) in [6, 6.07) is 28.3. The highest BCUT2D eigenvalue weighted by Crippen LogP contribution is 2.49. The topological polar surface area (TPSA) is 30.6 Å². The van der Waals surface area contributed by atoms with Crippen molar-refractivity contribution in [2.75, 3.05) is 0 Å². The average molecular weight is 333 g/mol. The standard InChI is InChI=1S/C21H16O2S/c22-21-18-14-8-7-13-17(18)20(24-16-11-5-2-6-12-16)19(23-21)15-9-3-1-4-10-15/h1-14,19-20H/p+1/t19-,20+/m1/s1. The number of carbonyl (C=O) groups excluding carboxylic acids is 1. The Morgan fingerprint density at radius 1 is 0.750 bits per heavy atom. The van der Waals surface area contributed by atoms with E-state index in [2.05, 4.69) is 18.2 Å². The molecule has 0 fully saturated rings. The highest BCUT2D eigenvalue weighted by Gasteiger charge is 2.43. The zero-order valence-corrected chi connectivity index (χ0v) is 13.8. The van der Waals surface area contributed by atoms with Crippen LogP contribution < -0.4 is 0 Å². The van der Waals surface area contributed by atoms with E-state index in [9.17, 15) is 4.79 Å². The van der Waals surface area contributed by atoms with Crippen molar-refractivity contribution < 1.29 is 9.53 Å². The zero-order chi connectivity index (χ0) is 16.4. The Labute approximate surface area is 145 Å². The van der Waals surface area contributed by atoms with Crippen LogP contribution in [0.4, 0.5) is 0 Å². The molecule has 0 saturated carbocycles. The molecule has 0 amide bonds. The van der Waals surface area contributed by atoms with Gasteiger partial charge >= 0.3 is 5.97 Å². The molecule has 1 heterocycles. The van der Waals surface area contributed by atoms with Gasteiger partial charge in [0.2, 0.25) is 6.10 Å². The minimum absolute atomic E-state index is 0.00404. The lowest BCUT2D eigenvalue weighted by atomic mass is 9.94. The minimum Gasteiger partial charge on any atom is -0.335 e. The van der Waals surface area contributed by atoms with E-state index in [-0.39, 0.29) is 17.3 Å². The number of benzene rings is 3. The molecule has 0 aliphatic carbocycles. The molecule has 3 aromatic carbocycles. The second-order valence-corrected chi connectivity index (χ2v) is 6.91. The van der Waals surface area contributed by atoms with E-state index in [1.54, 1.807) is 11.8 Å². The summed E-state index contributed by atoms with van der Waals surface area (Å²) in [5.74, 6) is 0.00404. The van der Waals surface area contributed by atoms with E-state index < -0.39 is 0 Å². The Morgan fingerprint density at radius 2 is 1.38 bits per heavy atom. The highest BCUT2D eigenvalue weighted by molar-refractivity contribution is 7.99. The molecular weight excluding hydrogens is 316 g/mol. The molecule has 2 nitrogen and oxygen atoms in total. The van der Waals surface area contributed by atoms with E-state index in [1.807, 2.05) is 66.7 Å². The first-order valence-electron chi connectivity index (χ1n) is 7.91. The third kappa shape index (κ3) is 2.83. The fourth-order valence-electron chi connectivity index (χ4n) is 3.01. The molecule has 0 aromatic heterocycles. The van der Waals surface area contributed by atoms with Crippen LogP contribution in [0.25, 0.3) is 0 Å². The maximum atomic E-state index is 10.4. The second-order valence-electron chi connectivity index (χ2n) is 5.69. The number of esters is 1. The number of hydrogen-bond acceptors (Lipinski definition) is 2. The highest BCUT2D eigenvalue weighted by atomic mass is 32.2. The molecule has 1 aliphatic heterocycles. The maximum Gasteiger partial charge on any atom is 0.518 e. The zero-order valence-electron chi connectivity index (χ0n) is 13.0. The average Bonchev–Trinajstić information content (AvgIpc) is 2.65. The number of fused-ring (bicyclic) bond motifs is 1. The minimum atomic E-state index is -0.230. The van der Waals surface area contributed by atoms with Crippen LogP contribution in [-0.2, 0) is 4.74 Å². The van der Waals surface area contributed by atoms with Gasteiger partial charge in [-0.05, 0) is 23.8 Å². The molecular formula is C21H17O2S+. The van der Waals surface area contributed by atoms with Gasteiger partial charge in [0.25, 0.3) is 0 Å². The number of cyclic esters (lactones) is 1. The SMILES string of the molecule is [OH+]=C1O[C@H](c2ccccc2)[C@@H](Sc2ccccc2)c2ccccc21. The lowest BCUT2D eigenvalue weighted by Gasteiger charge is -2.27. The molecule has 0 saturated heterocycles. The molecule has 0 radical (unpaired) electrons. The quantitative estimate of drug-likeness (QED) is 0.491. The van der Waals surface area contributed by atoms with E-state index in [4.69, 9.17) is 4.74 Å². The van der Waals surface area contributed by atoms with Gasteiger partial charge in [-0.25, -0.2) is 0 Å². The number of hydrogen-bond donors (Lipinski definition) is 0. The summed E-state index contributed by atoms with van der Waals surface area (Å²) in [6.07, 6.45) is -0.230. The second kappa shape index (κ2) is 6.54. The first-order valence-corrected chi connectivity index (χ1v) is 8.79. The van der Waals surface area contributed by atoms with Gasteiger partial charge in [0, 0.05) is 10.5 Å². The first-order chi connectivity index (χ1) is 11.8. The van der Waals surface area contributed by atoms with Crippen molar-refractivity contribution in [3.63, 3.8) is 0 Å². The van der Waals surface area contributed by atoms with Crippen LogP contribution >= 0.6 is 11.8 Å². The van der Waals surface area contributed by atoms with Crippen molar-refractivity contribution in [3.8, 4) is 0 Å². The fraction of sp³-hybridized carbons (Fsp3) is 0.0952. The van der Waals surface area contributed by atoms with Crippen molar-refractivity contribution in [1.29, 1.82) is 0 Å². The third-order valence-electron chi connectivity index (χ3n) is 4.15. The number of ether oxygens (including phenoxy) is 1. The Morgan fingerprint density at radius 3 is 2.12 bits per heavy atom. The van der Waals surface area contributed by atoms with Gasteiger partial charge in [0.15, 0.2) is 0 Å². The summed E-state index contributed by atoms with van der Waals surface area (Å²) in [5.41, 5.74) is 2.94. The van der Waals surface area contributed by atoms with E-state index in [0.717, 1.165) is 16.7 Å². The summed E-state index contributed by atoms with van der Waals surface area (Å²) in [6.45, 7) is 0. The molecule has 3 heteroatoms. The lowest BCUT2D eigenvalue weighted by molar-refractivity contribution is 0.161. The van der Waals surface area contributed by atoms with E-state index >= 15 is 0 Å². The van der Waals surface area contributed by atoms with Crippen LogP contribution in [0.2, 0.25) is 0 Å². The normalized spacial score (nSPS) is 19.4. The summed E-state index contributed by atoms with van der Waals surface area (Å²) in [7, 11) is 0. The monoisotopic (exact) mass is 333 g/mol. The molecule has 0 unspecified atom stereocenters. The summed E-state index contributed by atoms with van der Waals surface area (Å²) >= 11 is 1.76. The van der Waals surface area contributed by atoms with Crippen LogP contribution in [0.3, 0.4) is 0 Å². The molecule has 3 aromatic rings. The Balaban J connectivity index is 1.79. The fourth-order valence-corrected chi connectivity index (χ4v) is 4.28. The molecule has 118 valence electrons. The van der Waals surface area contributed by atoms with Gasteiger partial charge in [-0.15, -0.1) is 11.8 Å². The molecule has 4 rings (SSSR count). The number of thioether (sulfide) groups is 1. The largest absolute Gasteiger partial charge is 0.518 e. The Kier molecular flexibility index (Phi) is 4.09. The predicted molar refractivity (Wildman–Crippen MR) is 97.8 cm³/mol. The van der Waals surface area contributed by atoms with Gasteiger partial charge in [0.05, 0.1) is 0 Å². The van der Waals surface area contributed by atoms with Gasteiger partial charge in [-0.2, -0.15) is 0 Å². The predicted octanol–water partition coefficient (Wildman–Crippen LogP) is 5.14. The Hall–Kier alpha value is -2.52. The van der Waals surface area contributed by atoms with Crippen LogP contribution in [0.5, 0.6) is 0 Å². The summed E-state index contributed by atoms with van der Waals surface area (Å²) < 4.78 is 5.94. The van der Waals surface area contributed by atoms with Crippen molar-refractivity contribution in [2.45, 2.75) is 16.2 Å². The molecule has 0 spiro atoms. The van der Waals surface area contributed by atoms with Crippen LogP contribution in [0.1, 0.15) is 28.0 Å². The van der Waals surface area contributed by atoms with Crippen molar-refractivity contribution in [3.05, 3.63) is 102 Å². The third-order valence-corrected chi connectivity index (χ3v) is 5.45. The molecule has 0 bridgehead atoms. The smallest absolute Gasteiger partial charge is 0.335 e. The van der Waals surface area contributed by atoms with Crippen LogP contribution in [-0.4, -0.2) is 10.8 Å². The van der Waals surface area contributed by atoms with Gasteiger partial charge in [-0.3, -0.25) is 0 Å². The van der Waals surface area contributed by atoms with E-state index in [1.165, 1.54) is 4.90 Å². The van der Waals surface area contributed by atoms with E-state index in [0.29, 0.717) is 0 Å². The summed E-state index contributed by atoms with van der Waals surface area (Å²) in [4.78, 5) is 11.5. The van der Waals surface area contributed by atoms with Crippen LogP contribution in [0.15, 0.2) is 89.8 Å².